The van der Waals surface area contributed by atoms with E-state index in [1.165, 1.54) is 32.6 Å². The minimum atomic E-state index is 0.713. The first kappa shape index (κ1) is 23.4. The molecule has 0 atom stereocenters. The number of aromatic nitrogens is 3. The van der Waals surface area contributed by atoms with Gasteiger partial charge >= 0.3 is 0 Å². The van der Waals surface area contributed by atoms with Gasteiger partial charge in [-0.25, -0.2) is 9.97 Å². The van der Waals surface area contributed by atoms with Crippen LogP contribution in [-0.4, -0.2) is 14.5 Å². The smallest absolute Gasteiger partial charge is 0.160 e. The van der Waals surface area contributed by atoms with Crippen molar-refractivity contribution >= 4 is 32.6 Å². The highest BCUT2D eigenvalue weighted by Gasteiger charge is 2.15. The Bertz CT molecular complexity index is 2120. The van der Waals surface area contributed by atoms with E-state index in [9.17, 15) is 0 Å². The monoisotopic (exact) mass is 523 g/mol. The van der Waals surface area contributed by atoms with Gasteiger partial charge < -0.3 is 4.57 Å². The van der Waals surface area contributed by atoms with E-state index in [1.807, 2.05) is 36.4 Å². The largest absolute Gasteiger partial charge is 0.309 e. The average molecular weight is 524 g/mol. The van der Waals surface area contributed by atoms with Crippen molar-refractivity contribution in [3.8, 4) is 39.6 Å². The van der Waals surface area contributed by atoms with Crippen molar-refractivity contribution in [2.45, 2.75) is 0 Å². The lowest BCUT2D eigenvalue weighted by Crippen LogP contribution is -1.97. The zero-order valence-corrected chi connectivity index (χ0v) is 22.3. The number of para-hydroxylation sites is 1. The van der Waals surface area contributed by atoms with Crippen molar-refractivity contribution in [2.75, 3.05) is 0 Å². The van der Waals surface area contributed by atoms with Gasteiger partial charge in [-0.15, -0.1) is 0 Å². The molecule has 2 heterocycles. The van der Waals surface area contributed by atoms with Crippen LogP contribution < -0.4 is 0 Å². The molecule has 8 rings (SSSR count). The number of benzene rings is 6. The molecule has 0 radical (unpaired) electrons. The fourth-order valence-corrected chi connectivity index (χ4v) is 5.87. The molecule has 6 aromatic carbocycles. The average Bonchev–Trinajstić information content (AvgIpc) is 3.40. The Morgan fingerprint density at radius 1 is 0.415 bits per heavy atom. The predicted molar refractivity (Wildman–Crippen MR) is 170 cm³/mol. The van der Waals surface area contributed by atoms with E-state index in [0.717, 1.165) is 33.8 Å². The Hall–Kier alpha value is -5.54. The summed E-state index contributed by atoms with van der Waals surface area (Å²) in [5.41, 5.74) is 8.45. The fraction of sp³-hybridized carbons (Fsp3) is 0. The summed E-state index contributed by atoms with van der Waals surface area (Å²) in [6, 6.07) is 53.1. The molecule has 2 aromatic heterocycles. The highest BCUT2D eigenvalue weighted by atomic mass is 15.0. The molecule has 0 saturated carbocycles. The maximum absolute atomic E-state index is 5.01. The number of fused-ring (bicyclic) bond motifs is 5. The Labute approximate surface area is 238 Å². The topological polar surface area (TPSA) is 30.7 Å². The zero-order valence-electron chi connectivity index (χ0n) is 22.3. The van der Waals surface area contributed by atoms with Crippen molar-refractivity contribution in [3.05, 3.63) is 152 Å². The molecule has 41 heavy (non-hydrogen) atoms. The zero-order chi connectivity index (χ0) is 27.2. The third kappa shape index (κ3) is 3.98. The summed E-state index contributed by atoms with van der Waals surface area (Å²) in [6.07, 6.45) is 0. The van der Waals surface area contributed by atoms with E-state index in [-0.39, 0.29) is 0 Å². The molecule has 3 nitrogen and oxygen atoms in total. The molecule has 0 saturated heterocycles. The minimum absolute atomic E-state index is 0.713. The molecule has 192 valence electrons. The summed E-state index contributed by atoms with van der Waals surface area (Å²) >= 11 is 0. The lowest BCUT2D eigenvalue weighted by atomic mass is 10.0. The van der Waals surface area contributed by atoms with Crippen molar-refractivity contribution in [2.24, 2.45) is 0 Å². The SMILES string of the molecule is c1ccc(-c2cc(-c3ccccc3)nc(-c3ccc(-n4c5ccccc5c5c6ccccc6ccc54)cc3)n2)cc1. The van der Waals surface area contributed by atoms with E-state index in [0.29, 0.717) is 5.82 Å². The highest BCUT2D eigenvalue weighted by Crippen LogP contribution is 2.37. The molecule has 0 fully saturated rings. The molecule has 0 amide bonds. The Kier molecular flexibility index (Phi) is 5.46. The van der Waals surface area contributed by atoms with Gasteiger partial charge in [0.25, 0.3) is 0 Å². The van der Waals surface area contributed by atoms with E-state index >= 15 is 0 Å². The van der Waals surface area contributed by atoms with Gasteiger partial charge in [0.1, 0.15) is 0 Å². The Balaban J connectivity index is 1.29. The molecule has 3 heteroatoms. The molecule has 0 bridgehead atoms. The minimum Gasteiger partial charge on any atom is -0.309 e. The van der Waals surface area contributed by atoms with Crippen LogP contribution in [0.5, 0.6) is 0 Å². The molecule has 0 aliphatic rings. The van der Waals surface area contributed by atoms with Crippen molar-refractivity contribution in [1.82, 2.24) is 14.5 Å². The Morgan fingerprint density at radius 2 is 1.00 bits per heavy atom. The molecular weight excluding hydrogens is 498 g/mol. The fourth-order valence-electron chi connectivity index (χ4n) is 5.87. The van der Waals surface area contributed by atoms with Crippen molar-refractivity contribution in [1.29, 1.82) is 0 Å². The molecule has 0 aliphatic carbocycles. The van der Waals surface area contributed by atoms with Gasteiger partial charge in [-0.05, 0) is 53.2 Å². The van der Waals surface area contributed by atoms with Gasteiger partial charge in [0.2, 0.25) is 0 Å². The van der Waals surface area contributed by atoms with E-state index < -0.39 is 0 Å². The van der Waals surface area contributed by atoms with Crippen LogP contribution in [0.25, 0.3) is 72.2 Å². The summed E-state index contributed by atoms with van der Waals surface area (Å²) in [5, 5.41) is 5.07. The van der Waals surface area contributed by atoms with Gasteiger partial charge in [0, 0.05) is 33.2 Å². The van der Waals surface area contributed by atoms with Crippen LogP contribution in [0.2, 0.25) is 0 Å². The van der Waals surface area contributed by atoms with Gasteiger partial charge in [0.05, 0.1) is 22.4 Å². The summed E-state index contributed by atoms with van der Waals surface area (Å²) in [6.45, 7) is 0. The maximum Gasteiger partial charge on any atom is 0.160 e. The molecule has 0 N–H and O–H groups in total. The summed E-state index contributed by atoms with van der Waals surface area (Å²) < 4.78 is 2.36. The number of hydrogen-bond acceptors (Lipinski definition) is 2. The van der Waals surface area contributed by atoms with E-state index in [4.69, 9.17) is 9.97 Å². The van der Waals surface area contributed by atoms with Crippen LogP contribution in [0.15, 0.2) is 152 Å². The first-order chi connectivity index (χ1) is 20.3. The molecule has 8 aromatic rings. The second kappa shape index (κ2) is 9.58. The van der Waals surface area contributed by atoms with Gasteiger partial charge in [0.15, 0.2) is 5.82 Å². The predicted octanol–water partition coefficient (Wildman–Crippen LogP) is 9.73. The van der Waals surface area contributed by atoms with Gasteiger partial charge in [-0.3, -0.25) is 0 Å². The maximum atomic E-state index is 5.01. The second-order valence-corrected chi connectivity index (χ2v) is 10.3. The van der Waals surface area contributed by atoms with Crippen LogP contribution in [-0.2, 0) is 0 Å². The van der Waals surface area contributed by atoms with Gasteiger partial charge in [-0.1, -0.05) is 109 Å². The van der Waals surface area contributed by atoms with Crippen LogP contribution in [0.3, 0.4) is 0 Å². The molecule has 0 spiro atoms. The second-order valence-electron chi connectivity index (χ2n) is 10.3. The quantitative estimate of drug-likeness (QED) is 0.230. The standard InChI is InChI=1S/C38H25N3/c1-3-12-27(13-4-1)33-25-34(28-14-5-2-6-15-28)40-38(39-33)29-19-22-30(23-20-29)41-35-18-10-9-17-32(35)37-31-16-8-7-11-26(31)21-24-36(37)41/h1-25H. The summed E-state index contributed by atoms with van der Waals surface area (Å²) in [7, 11) is 0. The number of rotatable bonds is 4. The number of nitrogens with zero attached hydrogens (tertiary/aromatic N) is 3. The van der Waals surface area contributed by atoms with Gasteiger partial charge in [-0.2, -0.15) is 0 Å². The lowest BCUT2D eigenvalue weighted by Gasteiger charge is -2.11. The van der Waals surface area contributed by atoms with E-state index in [1.54, 1.807) is 0 Å². The van der Waals surface area contributed by atoms with Crippen LogP contribution in [0, 0.1) is 0 Å². The third-order valence-electron chi connectivity index (χ3n) is 7.81. The molecular formula is C38H25N3. The van der Waals surface area contributed by atoms with Crippen molar-refractivity contribution in [3.63, 3.8) is 0 Å². The Morgan fingerprint density at radius 3 is 1.68 bits per heavy atom. The van der Waals surface area contributed by atoms with Crippen LogP contribution in [0.4, 0.5) is 0 Å². The summed E-state index contributed by atoms with van der Waals surface area (Å²) in [5.74, 6) is 0.713. The van der Waals surface area contributed by atoms with Crippen molar-refractivity contribution < 1.29 is 0 Å². The highest BCUT2D eigenvalue weighted by molar-refractivity contribution is 6.21. The summed E-state index contributed by atoms with van der Waals surface area (Å²) in [4.78, 5) is 10.0. The van der Waals surface area contributed by atoms with E-state index in [2.05, 4.69) is 120 Å². The normalized spacial score (nSPS) is 11.4. The third-order valence-corrected chi connectivity index (χ3v) is 7.81. The lowest BCUT2D eigenvalue weighted by molar-refractivity contribution is 1.16. The van der Waals surface area contributed by atoms with Crippen LogP contribution in [0.1, 0.15) is 0 Å². The molecule has 0 aliphatic heterocycles. The van der Waals surface area contributed by atoms with Crippen LogP contribution >= 0.6 is 0 Å². The number of hydrogen-bond donors (Lipinski definition) is 0. The first-order valence-electron chi connectivity index (χ1n) is 13.9. The molecule has 0 unspecified atom stereocenters. The first-order valence-corrected chi connectivity index (χ1v) is 13.9.